The highest BCUT2D eigenvalue weighted by atomic mass is 32.2. The van der Waals surface area contributed by atoms with Gasteiger partial charge in [0.1, 0.15) is 11.8 Å². The lowest BCUT2D eigenvalue weighted by molar-refractivity contribution is 0.0956. The molecule has 4 rings (SSSR count). The van der Waals surface area contributed by atoms with E-state index in [1.165, 1.54) is 25.7 Å². The van der Waals surface area contributed by atoms with Crippen molar-refractivity contribution in [2.45, 2.75) is 36.9 Å². The van der Waals surface area contributed by atoms with Crippen molar-refractivity contribution in [1.29, 1.82) is 0 Å². The topological polar surface area (TPSA) is 90.5 Å². The lowest BCUT2D eigenvalue weighted by atomic mass is 10.2. The highest BCUT2D eigenvalue weighted by molar-refractivity contribution is 7.99. The zero-order chi connectivity index (χ0) is 17.9. The summed E-state index contributed by atoms with van der Waals surface area (Å²) in [6.07, 6.45) is 10.0. The second kappa shape index (κ2) is 7.45. The van der Waals surface area contributed by atoms with E-state index in [0.29, 0.717) is 18.2 Å². The molecule has 136 valence electrons. The van der Waals surface area contributed by atoms with Crippen LogP contribution in [0, 0.1) is 0 Å². The predicted octanol–water partition coefficient (Wildman–Crippen LogP) is 2.20. The van der Waals surface area contributed by atoms with Crippen molar-refractivity contribution in [2.24, 2.45) is 7.05 Å². The quantitative estimate of drug-likeness (QED) is 0.528. The minimum atomic E-state index is -0.131. The molecule has 1 amide bonds. The summed E-state index contributed by atoms with van der Waals surface area (Å²) in [4.78, 5) is 21.3. The summed E-state index contributed by atoms with van der Waals surface area (Å²) >= 11 is 1.55. The van der Waals surface area contributed by atoms with Gasteiger partial charge < -0.3 is 14.5 Å². The molecule has 9 heteroatoms. The van der Waals surface area contributed by atoms with Crippen molar-refractivity contribution >= 4 is 28.8 Å². The molecule has 0 radical (unpaired) electrons. The lowest BCUT2D eigenvalue weighted by Gasteiger charge is -2.11. The standard InChI is InChI=1S/C17H21N7OS/c1-23-11-21-22-17(23)26-7-6-18-16(25)12-8-14-15(19-9-12)24(10-20-14)13-4-2-3-5-13/h8-11,13H,2-7H2,1H3,(H,18,25). The Morgan fingerprint density at radius 2 is 2.15 bits per heavy atom. The van der Waals surface area contributed by atoms with Crippen molar-refractivity contribution in [3.8, 4) is 0 Å². The molecule has 3 aromatic heterocycles. The van der Waals surface area contributed by atoms with Crippen molar-refractivity contribution in [2.75, 3.05) is 12.3 Å². The molecule has 1 aliphatic rings. The average molecular weight is 371 g/mol. The van der Waals surface area contributed by atoms with Crippen LogP contribution in [0.25, 0.3) is 11.2 Å². The fourth-order valence-electron chi connectivity index (χ4n) is 3.31. The largest absolute Gasteiger partial charge is 0.351 e. The zero-order valence-corrected chi connectivity index (χ0v) is 15.4. The first-order chi connectivity index (χ1) is 12.7. The fraction of sp³-hybridized carbons (Fsp3) is 0.471. The van der Waals surface area contributed by atoms with Crippen LogP contribution in [0.2, 0.25) is 0 Å². The average Bonchev–Trinajstić information content (AvgIpc) is 3.38. The van der Waals surface area contributed by atoms with Gasteiger partial charge in [0.05, 0.1) is 11.9 Å². The summed E-state index contributed by atoms with van der Waals surface area (Å²) in [5.41, 5.74) is 2.18. The van der Waals surface area contributed by atoms with Crippen LogP contribution in [0.5, 0.6) is 0 Å². The number of aromatic nitrogens is 6. The number of hydrogen-bond donors (Lipinski definition) is 1. The maximum absolute atomic E-state index is 12.4. The Morgan fingerprint density at radius 3 is 2.92 bits per heavy atom. The van der Waals surface area contributed by atoms with E-state index < -0.39 is 0 Å². The molecular weight excluding hydrogens is 350 g/mol. The number of nitrogens with one attached hydrogen (secondary N) is 1. The molecule has 1 fully saturated rings. The van der Waals surface area contributed by atoms with Crippen molar-refractivity contribution in [1.82, 2.24) is 34.6 Å². The first kappa shape index (κ1) is 17.0. The van der Waals surface area contributed by atoms with Crippen molar-refractivity contribution in [3.63, 3.8) is 0 Å². The Bertz CT molecular complexity index is 913. The summed E-state index contributed by atoms with van der Waals surface area (Å²) in [7, 11) is 1.90. The molecule has 1 N–H and O–H groups in total. The van der Waals surface area contributed by atoms with Gasteiger partial charge in [-0.2, -0.15) is 0 Å². The number of amides is 1. The van der Waals surface area contributed by atoms with E-state index in [9.17, 15) is 4.79 Å². The second-order valence-corrected chi connectivity index (χ2v) is 7.55. The lowest BCUT2D eigenvalue weighted by Crippen LogP contribution is -2.26. The summed E-state index contributed by atoms with van der Waals surface area (Å²) in [6.45, 7) is 0.547. The molecule has 1 aliphatic carbocycles. The molecule has 0 spiro atoms. The van der Waals surface area contributed by atoms with Gasteiger partial charge in [-0.15, -0.1) is 10.2 Å². The smallest absolute Gasteiger partial charge is 0.252 e. The van der Waals surface area contributed by atoms with E-state index in [-0.39, 0.29) is 5.91 Å². The molecular formula is C17H21N7OS. The Morgan fingerprint density at radius 1 is 1.31 bits per heavy atom. The minimum Gasteiger partial charge on any atom is -0.351 e. The van der Waals surface area contributed by atoms with E-state index in [2.05, 4.69) is 30.0 Å². The number of carbonyl (C=O) groups is 1. The molecule has 0 atom stereocenters. The van der Waals surface area contributed by atoms with Crippen molar-refractivity contribution < 1.29 is 4.79 Å². The van der Waals surface area contributed by atoms with Gasteiger partial charge in [0.2, 0.25) is 0 Å². The molecule has 0 bridgehead atoms. The van der Waals surface area contributed by atoms with Gasteiger partial charge in [-0.1, -0.05) is 24.6 Å². The van der Waals surface area contributed by atoms with Gasteiger partial charge in [0.15, 0.2) is 10.8 Å². The van der Waals surface area contributed by atoms with Crippen LogP contribution in [0.4, 0.5) is 0 Å². The Balaban J connectivity index is 1.37. The molecule has 0 aliphatic heterocycles. The normalized spacial score (nSPS) is 15.0. The van der Waals surface area contributed by atoms with Gasteiger partial charge >= 0.3 is 0 Å². The number of hydrogen-bond acceptors (Lipinski definition) is 6. The third kappa shape index (κ3) is 3.44. The maximum Gasteiger partial charge on any atom is 0.252 e. The van der Waals surface area contributed by atoms with E-state index in [0.717, 1.165) is 22.1 Å². The third-order valence-corrected chi connectivity index (χ3v) is 5.72. The predicted molar refractivity (Wildman–Crippen MR) is 99.1 cm³/mol. The fourth-order valence-corrected chi connectivity index (χ4v) is 4.05. The molecule has 3 heterocycles. The number of pyridine rings is 1. The number of thioether (sulfide) groups is 1. The minimum absolute atomic E-state index is 0.131. The molecule has 0 unspecified atom stereocenters. The molecule has 8 nitrogen and oxygen atoms in total. The maximum atomic E-state index is 12.4. The van der Waals surface area contributed by atoms with Crippen LogP contribution in [0.1, 0.15) is 42.1 Å². The van der Waals surface area contributed by atoms with E-state index in [1.807, 2.05) is 24.0 Å². The first-order valence-corrected chi connectivity index (χ1v) is 9.78. The highest BCUT2D eigenvalue weighted by Crippen LogP contribution is 2.31. The van der Waals surface area contributed by atoms with Crippen molar-refractivity contribution in [3.05, 3.63) is 30.5 Å². The number of fused-ring (bicyclic) bond motifs is 1. The molecule has 0 saturated heterocycles. The third-order valence-electron chi connectivity index (χ3n) is 4.68. The van der Waals surface area contributed by atoms with E-state index in [4.69, 9.17) is 0 Å². The number of imidazole rings is 1. The number of carbonyl (C=O) groups excluding carboxylic acids is 1. The highest BCUT2D eigenvalue weighted by Gasteiger charge is 2.20. The van der Waals surface area contributed by atoms with Crippen LogP contribution < -0.4 is 5.32 Å². The van der Waals surface area contributed by atoms with Crippen LogP contribution in [0.3, 0.4) is 0 Å². The van der Waals surface area contributed by atoms with Crippen LogP contribution >= 0.6 is 11.8 Å². The van der Waals surface area contributed by atoms with Crippen LogP contribution in [-0.2, 0) is 7.05 Å². The number of nitrogens with zero attached hydrogens (tertiary/aromatic N) is 6. The van der Waals surface area contributed by atoms with Gasteiger partial charge in [0, 0.05) is 31.6 Å². The molecule has 26 heavy (non-hydrogen) atoms. The van der Waals surface area contributed by atoms with Gasteiger partial charge in [0.25, 0.3) is 5.91 Å². The number of rotatable bonds is 6. The summed E-state index contributed by atoms with van der Waals surface area (Å²) in [5.74, 6) is 0.595. The molecule has 1 saturated carbocycles. The monoisotopic (exact) mass is 371 g/mol. The van der Waals surface area contributed by atoms with E-state index >= 15 is 0 Å². The van der Waals surface area contributed by atoms with Crippen LogP contribution in [0.15, 0.2) is 30.1 Å². The number of aryl methyl sites for hydroxylation is 1. The summed E-state index contributed by atoms with van der Waals surface area (Å²) in [6, 6.07) is 2.31. The Kier molecular flexibility index (Phi) is 4.87. The zero-order valence-electron chi connectivity index (χ0n) is 14.6. The van der Waals surface area contributed by atoms with E-state index in [1.54, 1.807) is 24.3 Å². The van der Waals surface area contributed by atoms with Gasteiger partial charge in [-0.05, 0) is 18.9 Å². The molecule has 0 aromatic carbocycles. The summed E-state index contributed by atoms with van der Waals surface area (Å²) < 4.78 is 4.01. The first-order valence-electron chi connectivity index (χ1n) is 8.80. The van der Waals surface area contributed by atoms with Gasteiger partial charge in [-0.3, -0.25) is 4.79 Å². The molecule has 3 aromatic rings. The Hall–Kier alpha value is -2.42. The second-order valence-electron chi connectivity index (χ2n) is 6.49. The Labute approximate surface area is 155 Å². The van der Waals surface area contributed by atoms with Gasteiger partial charge in [-0.25, -0.2) is 9.97 Å². The SMILES string of the molecule is Cn1cnnc1SCCNC(=O)c1cnc2c(c1)ncn2C1CCCC1. The van der Waals surface area contributed by atoms with Crippen LogP contribution in [-0.4, -0.2) is 47.5 Å². The summed E-state index contributed by atoms with van der Waals surface area (Å²) in [5, 5.41) is 11.6.